The lowest BCUT2D eigenvalue weighted by Gasteiger charge is -2.06. The molecule has 0 aliphatic rings. The Hall–Kier alpha value is -2.37. The second-order valence-electron chi connectivity index (χ2n) is 4.55. The molecule has 6 nitrogen and oxygen atoms in total. The van der Waals surface area contributed by atoms with Gasteiger partial charge in [-0.3, -0.25) is 4.79 Å². The summed E-state index contributed by atoms with van der Waals surface area (Å²) in [6.07, 6.45) is 2.81. The molecule has 2 aromatic rings. The first kappa shape index (κ1) is 14.0. The molecule has 0 saturated heterocycles. The summed E-state index contributed by atoms with van der Waals surface area (Å²) in [5.41, 5.74) is 7.45. The Morgan fingerprint density at radius 2 is 2.10 bits per heavy atom. The van der Waals surface area contributed by atoms with Gasteiger partial charge in [-0.15, -0.1) is 10.2 Å². The largest absolute Gasteiger partial charge is 0.399 e. The van der Waals surface area contributed by atoms with Crippen LogP contribution in [-0.2, 0) is 24.3 Å². The van der Waals surface area contributed by atoms with E-state index in [4.69, 9.17) is 5.73 Å². The molecule has 1 aromatic heterocycles. The van der Waals surface area contributed by atoms with Crippen molar-refractivity contribution in [1.29, 1.82) is 0 Å². The second-order valence-corrected chi connectivity index (χ2v) is 4.55. The molecule has 6 heteroatoms. The first-order valence-corrected chi connectivity index (χ1v) is 6.67. The number of hydrogen-bond donors (Lipinski definition) is 2. The summed E-state index contributed by atoms with van der Waals surface area (Å²) in [5.74, 6) is 0.779. The van der Waals surface area contributed by atoms with Crippen LogP contribution in [0.4, 0.5) is 5.69 Å². The molecule has 0 bridgehead atoms. The summed E-state index contributed by atoms with van der Waals surface area (Å²) in [4.78, 5) is 11.8. The fourth-order valence-corrected chi connectivity index (χ4v) is 1.89. The van der Waals surface area contributed by atoms with Gasteiger partial charge in [-0.05, 0) is 31.0 Å². The zero-order valence-corrected chi connectivity index (χ0v) is 11.5. The minimum absolute atomic E-state index is 0.00692. The van der Waals surface area contributed by atoms with E-state index in [1.165, 1.54) is 0 Å². The SMILES string of the molecule is CCn1cnnc1CNC(=O)CCc1ccc(N)cc1. The number of amides is 1. The Labute approximate surface area is 118 Å². The Morgan fingerprint density at radius 1 is 1.35 bits per heavy atom. The van der Waals surface area contributed by atoms with E-state index in [0.717, 1.165) is 23.6 Å². The fraction of sp³-hybridized carbons (Fsp3) is 0.357. The number of hydrogen-bond acceptors (Lipinski definition) is 4. The molecule has 0 unspecified atom stereocenters. The fourth-order valence-electron chi connectivity index (χ4n) is 1.89. The smallest absolute Gasteiger partial charge is 0.220 e. The highest BCUT2D eigenvalue weighted by molar-refractivity contribution is 5.76. The number of nitrogens with two attached hydrogens (primary N) is 1. The van der Waals surface area contributed by atoms with Crippen LogP contribution in [0.2, 0.25) is 0 Å². The molecule has 0 atom stereocenters. The van der Waals surface area contributed by atoms with Gasteiger partial charge in [-0.1, -0.05) is 12.1 Å². The molecule has 0 spiro atoms. The first-order chi connectivity index (χ1) is 9.69. The lowest BCUT2D eigenvalue weighted by molar-refractivity contribution is -0.121. The first-order valence-electron chi connectivity index (χ1n) is 6.67. The summed E-state index contributed by atoms with van der Waals surface area (Å²) >= 11 is 0. The minimum Gasteiger partial charge on any atom is -0.399 e. The molecular formula is C14H19N5O. The Morgan fingerprint density at radius 3 is 2.80 bits per heavy atom. The third-order valence-electron chi connectivity index (χ3n) is 3.10. The summed E-state index contributed by atoms with van der Waals surface area (Å²) < 4.78 is 1.90. The van der Waals surface area contributed by atoms with Gasteiger partial charge >= 0.3 is 0 Å². The highest BCUT2D eigenvalue weighted by Gasteiger charge is 2.06. The van der Waals surface area contributed by atoms with Crippen LogP contribution >= 0.6 is 0 Å². The Kier molecular flexibility index (Phi) is 4.70. The maximum absolute atomic E-state index is 11.8. The van der Waals surface area contributed by atoms with E-state index >= 15 is 0 Å². The van der Waals surface area contributed by atoms with Gasteiger partial charge in [-0.2, -0.15) is 0 Å². The maximum Gasteiger partial charge on any atom is 0.220 e. The molecule has 0 aliphatic heterocycles. The molecule has 3 N–H and O–H groups in total. The quantitative estimate of drug-likeness (QED) is 0.772. The van der Waals surface area contributed by atoms with E-state index in [1.807, 2.05) is 35.8 Å². The van der Waals surface area contributed by atoms with Gasteiger partial charge in [0.25, 0.3) is 0 Å². The van der Waals surface area contributed by atoms with Gasteiger partial charge in [0.2, 0.25) is 5.91 Å². The second kappa shape index (κ2) is 6.70. The summed E-state index contributed by atoms with van der Waals surface area (Å²) in [5, 5.41) is 10.6. The molecule has 0 aliphatic carbocycles. The van der Waals surface area contributed by atoms with Gasteiger partial charge < -0.3 is 15.6 Å². The predicted molar refractivity (Wildman–Crippen MR) is 76.7 cm³/mol. The molecule has 1 aromatic carbocycles. The van der Waals surface area contributed by atoms with Crippen LogP contribution in [0.1, 0.15) is 24.7 Å². The minimum atomic E-state index is 0.00692. The zero-order chi connectivity index (χ0) is 14.4. The van der Waals surface area contributed by atoms with Crippen molar-refractivity contribution in [2.24, 2.45) is 0 Å². The molecule has 20 heavy (non-hydrogen) atoms. The molecular weight excluding hydrogens is 254 g/mol. The van der Waals surface area contributed by atoms with Gasteiger partial charge in [0.15, 0.2) is 5.82 Å². The van der Waals surface area contributed by atoms with Crippen molar-refractivity contribution in [2.75, 3.05) is 5.73 Å². The van der Waals surface area contributed by atoms with Gasteiger partial charge in [-0.25, -0.2) is 0 Å². The summed E-state index contributed by atoms with van der Waals surface area (Å²) in [6.45, 7) is 3.22. The van der Waals surface area contributed by atoms with Crippen LogP contribution in [0, 0.1) is 0 Å². The number of carbonyl (C=O) groups excluding carboxylic acids is 1. The monoisotopic (exact) mass is 273 g/mol. The lowest BCUT2D eigenvalue weighted by atomic mass is 10.1. The Bertz CT molecular complexity index is 561. The number of anilines is 1. The van der Waals surface area contributed by atoms with Crippen molar-refractivity contribution in [2.45, 2.75) is 32.9 Å². The molecule has 0 radical (unpaired) electrons. The van der Waals surface area contributed by atoms with E-state index in [9.17, 15) is 4.79 Å². The van der Waals surface area contributed by atoms with Crippen LogP contribution < -0.4 is 11.1 Å². The van der Waals surface area contributed by atoms with Crippen molar-refractivity contribution in [1.82, 2.24) is 20.1 Å². The van der Waals surface area contributed by atoms with Crippen molar-refractivity contribution in [3.05, 3.63) is 42.0 Å². The van der Waals surface area contributed by atoms with Gasteiger partial charge in [0.05, 0.1) is 6.54 Å². The summed E-state index contributed by atoms with van der Waals surface area (Å²) in [7, 11) is 0. The lowest BCUT2D eigenvalue weighted by Crippen LogP contribution is -2.24. The normalized spacial score (nSPS) is 10.4. The third kappa shape index (κ3) is 3.81. The van der Waals surface area contributed by atoms with Crippen LogP contribution in [0.5, 0.6) is 0 Å². The molecule has 0 saturated carbocycles. The predicted octanol–water partition coefficient (Wildman–Crippen LogP) is 1.13. The number of aromatic nitrogens is 3. The van der Waals surface area contributed by atoms with Gasteiger partial charge in [0, 0.05) is 18.7 Å². The molecule has 2 rings (SSSR count). The van der Waals surface area contributed by atoms with E-state index < -0.39 is 0 Å². The number of nitrogens with zero attached hydrogens (tertiary/aromatic N) is 3. The van der Waals surface area contributed by atoms with Crippen molar-refractivity contribution < 1.29 is 4.79 Å². The standard InChI is InChI=1S/C14H19N5O/c1-2-19-10-17-18-13(19)9-16-14(20)8-5-11-3-6-12(15)7-4-11/h3-4,6-7,10H,2,5,8-9,15H2,1H3,(H,16,20). The molecule has 106 valence electrons. The van der Waals surface area contributed by atoms with Crippen molar-refractivity contribution >= 4 is 11.6 Å². The maximum atomic E-state index is 11.8. The van der Waals surface area contributed by atoms with Crippen LogP contribution in [0.15, 0.2) is 30.6 Å². The van der Waals surface area contributed by atoms with E-state index in [1.54, 1.807) is 6.33 Å². The van der Waals surface area contributed by atoms with E-state index in [-0.39, 0.29) is 5.91 Å². The highest BCUT2D eigenvalue weighted by Crippen LogP contribution is 2.07. The number of benzene rings is 1. The van der Waals surface area contributed by atoms with Crippen molar-refractivity contribution in [3.63, 3.8) is 0 Å². The average Bonchev–Trinajstić information content (AvgIpc) is 2.92. The number of nitrogen functional groups attached to an aromatic ring is 1. The molecule has 0 fully saturated rings. The number of carbonyl (C=O) groups is 1. The van der Waals surface area contributed by atoms with E-state index in [2.05, 4.69) is 15.5 Å². The zero-order valence-electron chi connectivity index (χ0n) is 11.5. The Balaban J connectivity index is 1.77. The van der Waals surface area contributed by atoms with Crippen LogP contribution in [0.25, 0.3) is 0 Å². The van der Waals surface area contributed by atoms with Crippen LogP contribution in [-0.4, -0.2) is 20.7 Å². The molecule has 1 heterocycles. The van der Waals surface area contributed by atoms with E-state index in [0.29, 0.717) is 19.4 Å². The van der Waals surface area contributed by atoms with Gasteiger partial charge in [0.1, 0.15) is 6.33 Å². The third-order valence-corrected chi connectivity index (χ3v) is 3.10. The van der Waals surface area contributed by atoms with Crippen molar-refractivity contribution in [3.8, 4) is 0 Å². The number of nitrogens with one attached hydrogen (secondary N) is 1. The highest BCUT2D eigenvalue weighted by atomic mass is 16.1. The molecule has 1 amide bonds. The average molecular weight is 273 g/mol. The topological polar surface area (TPSA) is 85.8 Å². The number of aryl methyl sites for hydroxylation is 2. The van der Waals surface area contributed by atoms with Crippen LogP contribution in [0.3, 0.4) is 0 Å². The summed E-state index contributed by atoms with van der Waals surface area (Å²) in [6, 6.07) is 7.57. The number of rotatable bonds is 6.